The Labute approximate surface area is 114 Å². The molecule has 0 aliphatic carbocycles. The zero-order valence-corrected chi connectivity index (χ0v) is 11.2. The zero-order valence-electron chi connectivity index (χ0n) is 10.4. The molecule has 7 heteroatoms. The highest BCUT2D eigenvalue weighted by molar-refractivity contribution is 7.80. The molecule has 0 spiro atoms. The average molecular weight is 290 g/mol. The lowest BCUT2D eigenvalue weighted by Crippen LogP contribution is -2.42. The Kier molecular flexibility index (Phi) is 4.88. The van der Waals surface area contributed by atoms with Gasteiger partial charge in [-0.1, -0.05) is 12.2 Å². The smallest absolute Gasteiger partial charge is 0.257 e. The van der Waals surface area contributed by atoms with Gasteiger partial charge >= 0.3 is 0 Å². The molecule has 1 aromatic carbocycles. The van der Waals surface area contributed by atoms with Gasteiger partial charge in [-0.2, -0.15) is 0 Å². The summed E-state index contributed by atoms with van der Waals surface area (Å²) in [5.41, 5.74) is 4.80. The van der Waals surface area contributed by atoms with Gasteiger partial charge in [-0.05, 0) is 26.0 Å². The standard InChI is InChI=1S/C12H13F3N2OS/c1-6(2)17(5-9(16)19)12(18)7-3-4-8(13)11(15)10(7)14/h3-4,6H,5H2,1-2H3,(H2,16,19). The van der Waals surface area contributed by atoms with E-state index in [9.17, 15) is 18.0 Å². The lowest BCUT2D eigenvalue weighted by molar-refractivity contribution is 0.0730. The van der Waals surface area contributed by atoms with Gasteiger partial charge in [-0.3, -0.25) is 4.79 Å². The van der Waals surface area contributed by atoms with Crippen LogP contribution in [-0.2, 0) is 0 Å². The lowest BCUT2D eigenvalue weighted by Gasteiger charge is -2.26. The highest BCUT2D eigenvalue weighted by Gasteiger charge is 2.25. The van der Waals surface area contributed by atoms with E-state index in [1.54, 1.807) is 13.8 Å². The molecule has 1 rings (SSSR count). The molecular weight excluding hydrogens is 277 g/mol. The minimum atomic E-state index is -1.68. The second-order valence-electron chi connectivity index (χ2n) is 4.22. The summed E-state index contributed by atoms with van der Waals surface area (Å²) in [6, 6.07) is 1.28. The molecule has 104 valence electrons. The van der Waals surface area contributed by atoms with Gasteiger partial charge in [-0.25, -0.2) is 13.2 Å². The monoisotopic (exact) mass is 290 g/mol. The minimum Gasteiger partial charge on any atom is -0.392 e. The Balaban J connectivity index is 3.17. The van der Waals surface area contributed by atoms with Crippen molar-refractivity contribution < 1.29 is 18.0 Å². The van der Waals surface area contributed by atoms with Crippen molar-refractivity contribution >= 4 is 23.1 Å². The molecule has 19 heavy (non-hydrogen) atoms. The fourth-order valence-corrected chi connectivity index (χ4v) is 1.64. The molecule has 2 N–H and O–H groups in total. The Morgan fingerprint density at radius 3 is 2.37 bits per heavy atom. The summed E-state index contributed by atoms with van der Waals surface area (Å²) in [5, 5.41) is 0. The molecule has 0 radical (unpaired) electrons. The van der Waals surface area contributed by atoms with Crippen molar-refractivity contribution in [1.82, 2.24) is 4.90 Å². The van der Waals surface area contributed by atoms with E-state index in [0.29, 0.717) is 6.07 Å². The number of rotatable bonds is 4. The molecule has 0 atom stereocenters. The van der Waals surface area contributed by atoms with Crippen LogP contribution in [0.15, 0.2) is 12.1 Å². The molecule has 3 nitrogen and oxygen atoms in total. The largest absolute Gasteiger partial charge is 0.392 e. The van der Waals surface area contributed by atoms with E-state index in [-0.39, 0.29) is 17.6 Å². The van der Waals surface area contributed by atoms with Crippen molar-refractivity contribution in [3.8, 4) is 0 Å². The summed E-state index contributed by atoms with van der Waals surface area (Å²) in [7, 11) is 0. The van der Waals surface area contributed by atoms with E-state index in [0.717, 1.165) is 6.07 Å². The first kappa shape index (κ1) is 15.4. The Morgan fingerprint density at radius 1 is 1.32 bits per heavy atom. The first-order valence-electron chi connectivity index (χ1n) is 5.48. The van der Waals surface area contributed by atoms with Crippen molar-refractivity contribution in [3.63, 3.8) is 0 Å². The number of thiocarbonyl (C=S) groups is 1. The summed E-state index contributed by atoms with van der Waals surface area (Å²) in [6.07, 6.45) is 0. The molecule has 0 aliphatic rings. The molecule has 1 aromatic rings. The maximum atomic E-state index is 13.5. The summed E-state index contributed by atoms with van der Waals surface area (Å²) < 4.78 is 39.5. The van der Waals surface area contributed by atoms with Crippen LogP contribution in [0.5, 0.6) is 0 Å². The third-order valence-corrected chi connectivity index (χ3v) is 2.61. The normalized spacial score (nSPS) is 10.6. The molecule has 0 fully saturated rings. The molecule has 0 unspecified atom stereocenters. The molecule has 0 heterocycles. The van der Waals surface area contributed by atoms with E-state index in [2.05, 4.69) is 0 Å². The predicted octanol–water partition coefficient (Wildman–Crippen LogP) is 2.24. The number of carbonyl (C=O) groups is 1. The van der Waals surface area contributed by atoms with E-state index in [1.807, 2.05) is 0 Å². The average Bonchev–Trinajstić information content (AvgIpc) is 2.32. The molecule has 0 aliphatic heterocycles. The van der Waals surface area contributed by atoms with Crippen molar-refractivity contribution in [2.24, 2.45) is 5.73 Å². The summed E-state index contributed by atoms with van der Waals surface area (Å²) >= 11 is 4.70. The number of benzene rings is 1. The quantitative estimate of drug-likeness (QED) is 0.683. The van der Waals surface area contributed by atoms with Crippen LogP contribution in [0.1, 0.15) is 24.2 Å². The fraction of sp³-hybridized carbons (Fsp3) is 0.333. The third-order valence-electron chi connectivity index (χ3n) is 2.48. The van der Waals surface area contributed by atoms with Gasteiger partial charge in [0.25, 0.3) is 5.91 Å². The van der Waals surface area contributed by atoms with Crippen LogP contribution in [0.3, 0.4) is 0 Å². The predicted molar refractivity (Wildman–Crippen MR) is 69.3 cm³/mol. The van der Waals surface area contributed by atoms with Gasteiger partial charge in [0.2, 0.25) is 0 Å². The molecule has 0 aromatic heterocycles. The third kappa shape index (κ3) is 3.44. The SMILES string of the molecule is CC(C)N(CC(N)=S)C(=O)c1ccc(F)c(F)c1F. The molecular formula is C12H13F3N2OS. The Bertz CT molecular complexity index is 520. The van der Waals surface area contributed by atoms with Gasteiger partial charge in [0.15, 0.2) is 17.5 Å². The summed E-state index contributed by atoms with van der Waals surface area (Å²) in [6.45, 7) is 3.28. The Morgan fingerprint density at radius 2 is 1.89 bits per heavy atom. The minimum absolute atomic E-state index is 0.0463. The van der Waals surface area contributed by atoms with E-state index in [4.69, 9.17) is 18.0 Å². The van der Waals surface area contributed by atoms with Crippen molar-refractivity contribution in [2.45, 2.75) is 19.9 Å². The first-order valence-corrected chi connectivity index (χ1v) is 5.89. The van der Waals surface area contributed by atoms with Gasteiger partial charge in [0.1, 0.15) is 0 Å². The van der Waals surface area contributed by atoms with E-state index in [1.165, 1.54) is 4.90 Å². The topological polar surface area (TPSA) is 46.3 Å². The summed E-state index contributed by atoms with van der Waals surface area (Å²) in [4.78, 5) is 13.3. The number of hydrogen-bond acceptors (Lipinski definition) is 2. The number of halogens is 3. The highest BCUT2D eigenvalue weighted by atomic mass is 32.1. The van der Waals surface area contributed by atoms with E-state index >= 15 is 0 Å². The second kappa shape index (κ2) is 6.01. The number of hydrogen-bond donors (Lipinski definition) is 1. The zero-order chi connectivity index (χ0) is 14.7. The van der Waals surface area contributed by atoms with Crippen LogP contribution >= 0.6 is 12.2 Å². The number of nitrogens with zero attached hydrogens (tertiary/aromatic N) is 1. The van der Waals surface area contributed by atoms with E-state index < -0.39 is 28.9 Å². The first-order chi connectivity index (χ1) is 8.75. The Hall–Kier alpha value is -1.63. The van der Waals surface area contributed by atoms with Gasteiger partial charge in [0, 0.05) is 6.04 Å². The van der Waals surface area contributed by atoms with Crippen LogP contribution in [0.2, 0.25) is 0 Å². The van der Waals surface area contributed by atoms with Gasteiger partial charge in [0.05, 0.1) is 17.1 Å². The number of carbonyl (C=O) groups excluding carboxylic acids is 1. The maximum Gasteiger partial charge on any atom is 0.257 e. The second-order valence-corrected chi connectivity index (χ2v) is 4.74. The lowest BCUT2D eigenvalue weighted by atomic mass is 10.1. The molecule has 1 amide bonds. The molecule has 0 saturated heterocycles. The van der Waals surface area contributed by atoms with Crippen LogP contribution in [0.25, 0.3) is 0 Å². The number of amides is 1. The highest BCUT2D eigenvalue weighted by Crippen LogP contribution is 2.18. The van der Waals surface area contributed by atoms with Gasteiger partial charge in [-0.15, -0.1) is 0 Å². The molecule has 0 bridgehead atoms. The van der Waals surface area contributed by atoms with Crippen molar-refractivity contribution in [3.05, 3.63) is 35.1 Å². The van der Waals surface area contributed by atoms with Crippen LogP contribution in [-0.4, -0.2) is 28.4 Å². The van der Waals surface area contributed by atoms with Crippen molar-refractivity contribution in [1.29, 1.82) is 0 Å². The molecule has 0 saturated carbocycles. The van der Waals surface area contributed by atoms with Crippen molar-refractivity contribution in [2.75, 3.05) is 6.54 Å². The van der Waals surface area contributed by atoms with Crippen LogP contribution in [0.4, 0.5) is 13.2 Å². The fourth-order valence-electron chi connectivity index (χ4n) is 1.50. The number of nitrogens with two attached hydrogens (primary N) is 1. The van der Waals surface area contributed by atoms with Gasteiger partial charge < -0.3 is 10.6 Å². The van der Waals surface area contributed by atoms with Crippen LogP contribution < -0.4 is 5.73 Å². The summed E-state index contributed by atoms with van der Waals surface area (Å²) in [5.74, 6) is -5.33. The maximum absolute atomic E-state index is 13.5. The van der Waals surface area contributed by atoms with Crippen LogP contribution in [0, 0.1) is 17.5 Å².